The van der Waals surface area contributed by atoms with E-state index in [1.54, 1.807) is 6.07 Å². The summed E-state index contributed by atoms with van der Waals surface area (Å²) in [5.41, 5.74) is 6.11. The number of phenolic OH excluding ortho intramolecular Hbond substituents is 1. The summed E-state index contributed by atoms with van der Waals surface area (Å²) in [7, 11) is 0. The summed E-state index contributed by atoms with van der Waals surface area (Å²) in [4.78, 5) is 4.63. The van der Waals surface area contributed by atoms with Gasteiger partial charge in [0.15, 0.2) is 0 Å². The topological polar surface area (TPSA) is 33.1 Å². The number of aromatic nitrogens is 1. The molecule has 3 aromatic carbocycles. The quantitative estimate of drug-likeness (QED) is 0.524. The van der Waals surface area contributed by atoms with Gasteiger partial charge < -0.3 is 5.11 Å². The molecule has 0 amide bonds. The molecule has 1 heterocycles. The minimum Gasteiger partial charge on any atom is -0.507 e. The fraction of sp³-hybridized carbons (Fsp3) is 0.0455. The molecule has 0 atom stereocenters. The summed E-state index contributed by atoms with van der Waals surface area (Å²) >= 11 is 0. The molecule has 4 rings (SSSR count). The van der Waals surface area contributed by atoms with Gasteiger partial charge in [0.2, 0.25) is 0 Å². The van der Waals surface area contributed by atoms with Gasteiger partial charge in [0, 0.05) is 28.3 Å². The molecule has 0 aliphatic heterocycles. The first kappa shape index (κ1) is 14.5. The van der Waals surface area contributed by atoms with E-state index in [1.165, 1.54) is 5.56 Å². The zero-order chi connectivity index (χ0) is 16.5. The Hall–Kier alpha value is -3.13. The first-order chi connectivity index (χ1) is 11.7. The summed E-state index contributed by atoms with van der Waals surface area (Å²) in [6.45, 7) is 2.07. The average Bonchev–Trinajstić information content (AvgIpc) is 2.62. The lowest BCUT2D eigenvalue weighted by Gasteiger charge is -2.14. The number of hydrogen-bond donors (Lipinski definition) is 1. The van der Waals surface area contributed by atoms with Gasteiger partial charge in [0.25, 0.3) is 0 Å². The number of aromatic hydroxyl groups is 1. The molecule has 0 aliphatic rings. The molecule has 0 saturated carbocycles. The molecule has 0 saturated heterocycles. The van der Waals surface area contributed by atoms with E-state index >= 15 is 0 Å². The van der Waals surface area contributed by atoms with Crippen molar-refractivity contribution < 1.29 is 5.11 Å². The van der Waals surface area contributed by atoms with Crippen molar-refractivity contribution in [1.82, 2.24) is 4.98 Å². The van der Waals surface area contributed by atoms with Crippen LogP contribution in [-0.4, -0.2) is 10.1 Å². The number of fused-ring (bicyclic) bond motifs is 1. The van der Waals surface area contributed by atoms with E-state index in [4.69, 9.17) is 0 Å². The summed E-state index contributed by atoms with van der Waals surface area (Å²) < 4.78 is 0. The van der Waals surface area contributed by atoms with E-state index in [0.717, 1.165) is 33.2 Å². The van der Waals surface area contributed by atoms with Crippen LogP contribution in [-0.2, 0) is 0 Å². The SMILES string of the molecule is Cc1ccc2c(-c3ccccc3)c(-c3ccccc3O)cnc2c1. The maximum absolute atomic E-state index is 10.3. The van der Waals surface area contributed by atoms with Gasteiger partial charge in [0.05, 0.1) is 5.52 Å². The molecule has 0 radical (unpaired) electrons. The van der Waals surface area contributed by atoms with E-state index < -0.39 is 0 Å². The van der Waals surface area contributed by atoms with Crippen molar-refractivity contribution in [2.45, 2.75) is 6.92 Å². The highest BCUT2D eigenvalue weighted by Crippen LogP contribution is 2.40. The van der Waals surface area contributed by atoms with E-state index in [9.17, 15) is 5.11 Å². The monoisotopic (exact) mass is 311 g/mol. The van der Waals surface area contributed by atoms with Crippen LogP contribution in [0.25, 0.3) is 33.2 Å². The lowest BCUT2D eigenvalue weighted by atomic mass is 9.92. The predicted octanol–water partition coefficient (Wildman–Crippen LogP) is 5.58. The van der Waals surface area contributed by atoms with Crippen molar-refractivity contribution >= 4 is 10.9 Å². The highest BCUT2D eigenvalue weighted by Gasteiger charge is 2.15. The molecule has 24 heavy (non-hydrogen) atoms. The second-order valence-electron chi connectivity index (χ2n) is 5.95. The molecule has 0 bridgehead atoms. The molecule has 0 unspecified atom stereocenters. The fourth-order valence-corrected chi connectivity index (χ4v) is 3.13. The molecule has 2 nitrogen and oxygen atoms in total. The van der Waals surface area contributed by atoms with Crippen LogP contribution in [0.3, 0.4) is 0 Å². The Morgan fingerprint density at radius 1 is 0.792 bits per heavy atom. The first-order valence-corrected chi connectivity index (χ1v) is 7.97. The Bertz CT molecular complexity index is 1020. The lowest BCUT2D eigenvalue weighted by molar-refractivity contribution is 0.477. The average molecular weight is 311 g/mol. The molecule has 0 fully saturated rings. The summed E-state index contributed by atoms with van der Waals surface area (Å²) in [6.07, 6.45) is 1.86. The third-order valence-electron chi connectivity index (χ3n) is 4.28. The van der Waals surface area contributed by atoms with Crippen LogP contribution in [0.5, 0.6) is 5.75 Å². The third kappa shape index (κ3) is 2.42. The van der Waals surface area contributed by atoms with Crippen molar-refractivity contribution in [1.29, 1.82) is 0 Å². The Labute approximate surface area is 141 Å². The minimum atomic E-state index is 0.267. The Morgan fingerprint density at radius 2 is 1.54 bits per heavy atom. The van der Waals surface area contributed by atoms with Crippen molar-refractivity contribution in [3.63, 3.8) is 0 Å². The molecule has 2 heteroatoms. The second kappa shape index (κ2) is 5.82. The number of phenols is 1. The first-order valence-electron chi connectivity index (χ1n) is 7.97. The van der Waals surface area contributed by atoms with Crippen molar-refractivity contribution in [3.8, 4) is 28.0 Å². The molecular formula is C22H17NO. The standard InChI is InChI=1S/C22H17NO/c1-15-11-12-18-20(13-15)23-14-19(17-9-5-6-10-21(17)24)22(18)16-7-3-2-4-8-16/h2-14,24H,1H3. The van der Waals surface area contributed by atoms with Gasteiger partial charge in [-0.05, 0) is 30.2 Å². The van der Waals surface area contributed by atoms with Gasteiger partial charge in [-0.25, -0.2) is 0 Å². The third-order valence-corrected chi connectivity index (χ3v) is 4.28. The molecule has 116 valence electrons. The molecule has 4 aromatic rings. The zero-order valence-electron chi connectivity index (χ0n) is 13.4. The Morgan fingerprint density at radius 3 is 2.33 bits per heavy atom. The van der Waals surface area contributed by atoms with Crippen molar-refractivity contribution in [2.24, 2.45) is 0 Å². The van der Waals surface area contributed by atoms with Crippen molar-refractivity contribution in [3.05, 3.63) is 84.6 Å². The van der Waals surface area contributed by atoms with Gasteiger partial charge in [-0.15, -0.1) is 0 Å². The van der Waals surface area contributed by atoms with Gasteiger partial charge in [0.1, 0.15) is 5.75 Å². The summed E-state index contributed by atoms with van der Waals surface area (Å²) in [5.74, 6) is 0.267. The van der Waals surface area contributed by atoms with Crippen LogP contribution in [0.15, 0.2) is 79.0 Å². The van der Waals surface area contributed by atoms with Gasteiger partial charge in [-0.2, -0.15) is 0 Å². The van der Waals surface area contributed by atoms with E-state index in [1.807, 2.05) is 42.6 Å². The molecule has 1 aromatic heterocycles. The van der Waals surface area contributed by atoms with Crippen LogP contribution < -0.4 is 0 Å². The molecular weight excluding hydrogens is 294 g/mol. The van der Waals surface area contributed by atoms with E-state index in [-0.39, 0.29) is 5.75 Å². The number of aryl methyl sites for hydroxylation is 1. The van der Waals surface area contributed by atoms with Crippen LogP contribution in [0, 0.1) is 6.92 Å². The summed E-state index contributed by atoms with van der Waals surface area (Å²) in [5, 5.41) is 11.4. The molecule has 0 aliphatic carbocycles. The lowest BCUT2D eigenvalue weighted by Crippen LogP contribution is -1.91. The molecule has 1 N–H and O–H groups in total. The van der Waals surface area contributed by atoms with Crippen LogP contribution in [0.4, 0.5) is 0 Å². The number of pyridine rings is 1. The van der Waals surface area contributed by atoms with Gasteiger partial charge in [-0.1, -0.05) is 60.7 Å². The smallest absolute Gasteiger partial charge is 0.123 e. The van der Waals surface area contributed by atoms with Crippen LogP contribution >= 0.6 is 0 Å². The van der Waals surface area contributed by atoms with E-state index in [0.29, 0.717) is 0 Å². The van der Waals surface area contributed by atoms with Gasteiger partial charge in [-0.3, -0.25) is 4.98 Å². The predicted molar refractivity (Wildman–Crippen MR) is 99.0 cm³/mol. The normalized spacial score (nSPS) is 10.9. The largest absolute Gasteiger partial charge is 0.507 e. The molecule has 0 spiro atoms. The van der Waals surface area contributed by atoms with Crippen LogP contribution in [0.2, 0.25) is 0 Å². The minimum absolute atomic E-state index is 0.267. The highest BCUT2D eigenvalue weighted by atomic mass is 16.3. The van der Waals surface area contributed by atoms with Crippen molar-refractivity contribution in [2.75, 3.05) is 0 Å². The fourth-order valence-electron chi connectivity index (χ4n) is 3.13. The Kier molecular flexibility index (Phi) is 3.51. The number of hydrogen-bond acceptors (Lipinski definition) is 2. The number of benzene rings is 3. The Balaban J connectivity index is 2.11. The number of nitrogens with zero attached hydrogens (tertiary/aromatic N) is 1. The van der Waals surface area contributed by atoms with Crippen LogP contribution in [0.1, 0.15) is 5.56 Å². The highest BCUT2D eigenvalue weighted by molar-refractivity contribution is 6.02. The van der Waals surface area contributed by atoms with Gasteiger partial charge >= 0.3 is 0 Å². The maximum Gasteiger partial charge on any atom is 0.123 e. The maximum atomic E-state index is 10.3. The number of para-hydroxylation sites is 1. The van der Waals surface area contributed by atoms with E-state index in [2.05, 4.69) is 42.2 Å². The zero-order valence-corrected chi connectivity index (χ0v) is 13.4. The second-order valence-corrected chi connectivity index (χ2v) is 5.95. The summed E-state index contributed by atoms with van der Waals surface area (Å²) in [6, 6.07) is 24.0. The number of rotatable bonds is 2.